The first-order chi connectivity index (χ1) is 11.6. The minimum atomic E-state index is 0.296. The molecule has 0 fully saturated rings. The summed E-state index contributed by atoms with van der Waals surface area (Å²) in [6, 6.07) is 11.3. The van der Waals surface area contributed by atoms with Crippen molar-refractivity contribution in [3.8, 4) is 5.75 Å². The van der Waals surface area contributed by atoms with Gasteiger partial charge < -0.3 is 20.2 Å². The van der Waals surface area contributed by atoms with Crippen LogP contribution in [0.2, 0.25) is 5.02 Å². The summed E-state index contributed by atoms with van der Waals surface area (Å²) in [7, 11) is 1.57. The van der Waals surface area contributed by atoms with Gasteiger partial charge in [0.15, 0.2) is 5.96 Å². The Bertz CT molecular complexity index is 903. The Morgan fingerprint density at radius 2 is 2.21 bits per heavy atom. The zero-order valence-electron chi connectivity index (χ0n) is 13.5. The molecule has 0 aliphatic rings. The second-order valence-electron chi connectivity index (χ2n) is 5.30. The first kappa shape index (κ1) is 16.1. The van der Waals surface area contributed by atoms with Crippen molar-refractivity contribution in [2.45, 2.75) is 13.5 Å². The van der Waals surface area contributed by atoms with E-state index in [2.05, 4.69) is 15.3 Å². The molecule has 0 radical (unpaired) electrons. The maximum atomic E-state index is 6.09. The predicted molar refractivity (Wildman–Crippen MR) is 96.9 cm³/mol. The van der Waals surface area contributed by atoms with Crippen LogP contribution in [0.3, 0.4) is 0 Å². The lowest BCUT2D eigenvalue weighted by atomic mass is 10.3. The molecule has 24 heavy (non-hydrogen) atoms. The average molecular weight is 344 g/mol. The van der Waals surface area contributed by atoms with Gasteiger partial charge in [-0.3, -0.25) is 0 Å². The van der Waals surface area contributed by atoms with E-state index in [1.807, 2.05) is 41.8 Å². The molecular weight excluding hydrogens is 326 g/mol. The number of methoxy groups -OCH3 is 1. The maximum Gasteiger partial charge on any atom is 0.193 e. The van der Waals surface area contributed by atoms with Gasteiger partial charge in [0, 0.05) is 17.6 Å². The number of nitrogens with one attached hydrogen (secondary N) is 1. The summed E-state index contributed by atoms with van der Waals surface area (Å²) < 4.78 is 7.14. The summed E-state index contributed by atoms with van der Waals surface area (Å²) in [4.78, 5) is 8.84. The molecule has 0 spiro atoms. The fraction of sp³-hybridized carbons (Fsp3) is 0.176. The zero-order valence-corrected chi connectivity index (χ0v) is 14.2. The highest BCUT2D eigenvalue weighted by Gasteiger charge is 2.04. The van der Waals surface area contributed by atoms with E-state index in [9.17, 15) is 0 Å². The third kappa shape index (κ3) is 3.44. The monoisotopic (exact) mass is 343 g/mol. The Kier molecular flexibility index (Phi) is 4.57. The van der Waals surface area contributed by atoms with Crippen LogP contribution in [0.15, 0.2) is 47.6 Å². The number of aromatic nitrogens is 2. The number of nitrogens with zero attached hydrogens (tertiary/aromatic N) is 3. The van der Waals surface area contributed by atoms with Gasteiger partial charge in [0.05, 0.1) is 24.4 Å². The molecule has 1 aromatic carbocycles. The topological polar surface area (TPSA) is 76.9 Å². The van der Waals surface area contributed by atoms with E-state index in [1.54, 1.807) is 19.2 Å². The normalized spacial score (nSPS) is 11.7. The van der Waals surface area contributed by atoms with Crippen molar-refractivity contribution < 1.29 is 4.74 Å². The largest absolute Gasteiger partial charge is 0.495 e. The van der Waals surface area contributed by atoms with E-state index in [1.165, 1.54) is 0 Å². The number of imidazole rings is 1. The Hall–Kier alpha value is -2.73. The summed E-state index contributed by atoms with van der Waals surface area (Å²) in [5, 5.41) is 3.51. The van der Waals surface area contributed by atoms with E-state index < -0.39 is 0 Å². The van der Waals surface area contributed by atoms with Gasteiger partial charge in [-0.25, -0.2) is 9.98 Å². The van der Waals surface area contributed by atoms with Crippen molar-refractivity contribution in [2.24, 2.45) is 10.7 Å². The van der Waals surface area contributed by atoms with Crippen LogP contribution in [0.4, 0.5) is 5.69 Å². The Balaban J connectivity index is 1.71. The SMILES string of the molecule is COc1ccc(NC(N)=NCc2cn3c(C)cccc3n2)cc1Cl. The second kappa shape index (κ2) is 6.80. The van der Waals surface area contributed by atoms with Gasteiger partial charge in [-0.1, -0.05) is 17.7 Å². The molecular formula is C17H18ClN5O. The smallest absolute Gasteiger partial charge is 0.193 e. The fourth-order valence-electron chi connectivity index (χ4n) is 2.37. The average Bonchev–Trinajstić information content (AvgIpc) is 2.98. The molecule has 0 saturated carbocycles. The molecule has 0 bridgehead atoms. The lowest BCUT2D eigenvalue weighted by molar-refractivity contribution is 0.415. The van der Waals surface area contributed by atoms with Crippen molar-refractivity contribution in [3.63, 3.8) is 0 Å². The Labute approximate surface area is 144 Å². The highest BCUT2D eigenvalue weighted by atomic mass is 35.5. The number of fused-ring (bicyclic) bond motifs is 1. The third-order valence-corrected chi connectivity index (χ3v) is 3.88. The summed E-state index contributed by atoms with van der Waals surface area (Å²) in [5.41, 5.74) is 9.54. The lowest BCUT2D eigenvalue weighted by Crippen LogP contribution is -2.22. The van der Waals surface area contributed by atoms with Crippen LogP contribution in [-0.2, 0) is 6.54 Å². The number of rotatable bonds is 4. The van der Waals surface area contributed by atoms with Gasteiger partial charge in [-0.2, -0.15) is 0 Å². The number of nitrogens with two attached hydrogens (primary N) is 1. The molecule has 124 valence electrons. The van der Waals surface area contributed by atoms with E-state index >= 15 is 0 Å². The van der Waals surface area contributed by atoms with E-state index in [4.69, 9.17) is 22.1 Å². The maximum absolute atomic E-state index is 6.09. The van der Waals surface area contributed by atoms with Crippen molar-refractivity contribution in [1.29, 1.82) is 0 Å². The summed E-state index contributed by atoms with van der Waals surface area (Å²) in [6.45, 7) is 2.43. The number of hydrogen-bond donors (Lipinski definition) is 2. The van der Waals surface area contributed by atoms with Crippen LogP contribution in [0.1, 0.15) is 11.4 Å². The fourth-order valence-corrected chi connectivity index (χ4v) is 2.63. The first-order valence-electron chi connectivity index (χ1n) is 7.41. The number of benzene rings is 1. The van der Waals surface area contributed by atoms with Crippen LogP contribution in [-0.4, -0.2) is 22.5 Å². The van der Waals surface area contributed by atoms with Crippen LogP contribution >= 0.6 is 11.6 Å². The molecule has 0 aliphatic carbocycles. The Morgan fingerprint density at radius 3 is 2.92 bits per heavy atom. The second-order valence-corrected chi connectivity index (χ2v) is 5.71. The minimum absolute atomic E-state index is 0.296. The van der Waals surface area contributed by atoms with Crippen molar-refractivity contribution in [2.75, 3.05) is 12.4 Å². The van der Waals surface area contributed by atoms with Crippen LogP contribution in [0.5, 0.6) is 5.75 Å². The standard InChI is InChI=1S/C17H18ClN5O/c1-11-4-3-5-16-21-13(10-23(11)16)9-20-17(19)22-12-6-7-15(24-2)14(18)8-12/h3-8,10H,9H2,1-2H3,(H3,19,20,22). The zero-order chi connectivity index (χ0) is 17.1. The number of ether oxygens (including phenoxy) is 1. The van der Waals surface area contributed by atoms with E-state index in [-0.39, 0.29) is 0 Å². The van der Waals surface area contributed by atoms with Crippen molar-refractivity contribution in [1.82, 2.24) is 9.38 Å². The molecule has 3 rings (SSSR count). The number of hydrogen-bond acceptors (Lipinski definition) is 3. The van der Waals surface area contributed by atoms with Gasteiger partial charge in [0.1, 0.15) is 11.4 Å². The Morgan fingerprint density at radius 1 is 1.38 bits per heavy atom. The minimum Gasteiger partial charge on any atom is -0.495 e. The third-order valence-electron chi connectivity index (χ3n) is 3.58. The van der Waals surface area contributed by atoms with Crippen LogP contribution in [0, 0.1) is 6.92 Å². The number of anilines is 1. The first-order valence-corrected chi connectivity index (χ1v) is 7.78. The number of guanidine groups is 1. The number of halogens is 1. The van der Waals surface area contributed by atoms with E-state index in [0.29, 0.717) is 23.3 Å². The summed E-state index contributed by atoms with van der Waals surface area (Å²) in [5.74, 6) is 0.905. The number of aryl methyl sites for hydroxylation is 1. The molecule has 0 saturated heterocycles. The van der Waals surface area contributed by atoms with Crippen LogP contribution in [0.25, 0.3) is 5.65 Å². The van der Waals surface area contributed by atoms with Gasteiger partial charge in [-0.05, 0) is 37.3 Å². The van der Waals surface area contributed by atoms with E-state index in [0.717, 1.165) is 22.7 Å². The highest BCUT2D eigenvalue weighted by Crippen LogP contribution is 2.27. The molecule has 3 aromatic rings. The van der Waals surface area contributed by atoms with Crippen LogP contribution < -0.4 is 15.8 Å². The van der Waals surface area contributed by atoms with Gasteiger partial charge >= 0.3 is 0 Å². The highest BCUT2D eigenvalue weighted by molar-refractivity contribution is 6.32. The summed E-state index contributed by atoms with van der Waals surface area (Å²) in [6.07, 6.45) is 1.96. The molecule has 0 amide bonds. The molecule has 0 atom stereocenters. The number of aliphatic imine (C=N–C) groups is 1. The van der Waals surface area contributed by atoms with Crippen molar-refractivity contribution in [3.05, 3.63) is 59.0 Å². The molecule has 0 aliphatic heterocycles. The molecule has 7 heteroatoms. The van der Waals surface area contributed by atoms with Gasteiger partial charge in [0.2, 0.25) is 0 Å². The van der Waals surface area contributed by atoms with Crippen molar-refractivity contribution >= 4 is 28.9 Å². The molecule has 2 aromatic heterocycles. The molecule has 6 nitrogen and oxygen atoms in total. The number of pyridine rings is 1. The molecule has 2 heterocycles. The molecule has 3 N–H and O–H groups in total. The summed E-state index contributed by atoms with van der Waals surface area (Å²) >= 11 is 6.09. The quantitative estimate of drug-likeness (QED) is 0.563. The van der Waals surface area contributed by atoms with Gasteiger partial charge in [-0.15, -0.1) is 0 Å². The molecule has 0 unspecified atom stereocenters. The predicted octanol–water partition coefficient (Wildman–Crippen LogP) is 3.23. The lowest BCUT2D eigenvalue weighted by Gasteiger charge is -2.08. The van der Waals surface area contributed by atoms with Gasteiger partial charge in [0.25, 0.3) is 0 Å².